The van der Waals surface area contributed by atoms with Gasteiger partial charge in [0, 0.05) is 24.7 Å². The van der Waals surface area contributed by atoms with Gasteiger partial charge in [-0.25, -0.2) is 13.1 Å². The summed E-state index contributed by atoms with van der Waals surface area (Å²) in [7, 11) is -3.58. The number of benzene rings is 2. The number of rotatable bonds is 6. The van der Waals surface area contributed by atoms with E-state index in [0.717, 1.165) is 12.1 Å². The Bertz CT molecular complexity index is 1190. The predicted molar refractivity (Wildman–Crippen MR) is 115 cm³/mol. The molecule has 0 amide bonds. The van der Waals surface area contributed by atoms with Crippen LogP contribution in [-0.2, 0) is 16.2 Å². The predicted octanol–water partition coefficient (Wildman–Crippen LogP) is 4.26. The summed E-state index contributed by atoms with van der Waals surface area (Å²) >= 11 is 0. The van der Waals surface area contributed by atoms with Crippen molar-refractivity contribution in [1.29, 1.82) is 0 Å². The van der Waals surface area contributed by atoms with Crippen LogP contribution in [0.3, 0.4) is 0 Å². The molecule has 1 saturated heterocycles. The van der Waals surface area contributed by atoms with Crippen molar-refractivity contribution in [2.24, 2.45) is 0 Å². The van der Waals surface area contributed by atoms with Crippen molar-refractivity contribution in [3.63, 3.8) is 0 Å². The fourth-order valence-corrected chi connectivity index (χ4v) is 5.13. The number of alkyl halides is 3. The monoisotopic (exact) mass is 480 g/mol. The first-order chi connectivity index (χ1) is 15.6. The maximum Gasteiger partial charge on any atom is 0.416 e. The van der Waals surface area contributed by atoms with Gasteiger partial charge in [-0.3, -0.25) is 4.90 Å². The van der Waals surface area contributed by atoms with Crippen LogP contribution in [0.15, 0.2) is 64.0 Å². The van der Waals surface area contributed by atoms with Crippen LogP contribution in [-0.4, -0.2) is 42.6 Å². The van der Waals surface area contributed by atoms with Crippen LogP contribution < -0.4 is 4.72 Å². The molecule has 2 aromatic carbocycles. The number of hydrogen-bond acceptors (Lipinski definition) is 6. The number of sulfonamides is 1. The third-order valence-electron chi connectivity index (χ3n) is 5.70. The van der Waals surface area contributed by atoms with Gasteiger partial charge >= 0.3 is 6.18 Å². The minimum absolute atomic E-state index is 0.0912. The molecule has 11 heteroatoms. The lowest BCUT2D eigenvalue weighted by Gasteiger charge is -2.34. The second kappa shape index (κ2) is 9.24. The standard InChI is InChI=1S/C22H23F3N4O3S/c1-15(21-26-20(27-32-21)16-6-5-7-17(14-16)22(23,24)25)29-12-10-18(11-13-29)28-33(30,31)19-8-3-2-4-9-19/h2-9,14-15,18,28H,10-13H2,1H3. The van der Waals surface area contributed by atoms with E-state index in [9.17, 15) is 21.6 Å². The van der Waals surface area contributed by atoms with Crippen LogP contribution in [0, 0.1) is 0 Å². The summed E-state index contributed by atoms with van der Waals surface area (Å²) in [6, 6.07) is 12.5. The molecule has 1 aliphatic rings. The highest BCUT2D eigenvalue weighted by Gasteiger charge is 2.32. The summed E-state index contributed by atoms with van der Waals surface area (Å²) in [5.74, 6) is 0.388. The van der Waals surface area contributed by atoms with Gasteiger partial charge in [-0.2, -0.15) is 18.2 Å². The molecule has 1 unspecified atom stereocenters. The fourth-order valence-electron chi connectivity index (χ4n) is 3.80. The van der Waals surface area contributed by atoms with E-state index < -0.39 is 21.8 Å². The molecule has 7 nitrogen and oxygen atoms in total. The summed E-state index contributed by atoms with van der Waals surface area (Å²) in [6.07, 6.45) is -3.25. The van der Waals surface area contributed by atoms with E-state index >= 15 is 0 Å². The lowest BCUT2D eigenvalue weighted by Crippen LogP contribution is -2.45. The Kier molecular flexibility index (Phi) is 6.55. The fraction of sp³-hybridized carbons (Fsp3) is 0.364. The smallest absolute Gasteiger partial charge is 0.337 e. The van der Waals surface area contributed by atoms with Gasteiger partial charge in [0.05, 0.1) is 16.5 Å². The van der Waals surface area contributed by atoms with Crippen molar-refractivity contribution in [2.75, 3.05) is 13.1 Å². The molecule has 1 N–H and O–H groups in total. The molecular formula is C22H23F3N4O3S. The minimum Gasteiger partial charge on any atom is -0.337 e. The van der Waals surface area contributed by atoms with Crippen LogP contribution in [0.25, 0.3) is 11.4 Å². The van der Waals surface area contributed by atoms with Crippen molar-refractivity contribution in [1.82, 2.24) is 19.8 Å². The molecule has 0 radical (unpaired) electrons. The van der Waals surface area contributed by atoms with Crippen molar-refractivity contribution in [2.45, 2.75) is 42.9 Å². The first-order valence-electron chi connectivity index (χ1n) is 10.5. The summed E-state index contributed by atoms with van der Waals surface area (Å²) < 4.78 is 72.1. The zero-order valence-corrected chi connectivity index (χ0v) is 18.6. The van der Waals surface area contributed by atoms with E-state index in [2.05, 4.69) is 19.8 Å². The minimum atomic E-state index is -4.46. The Morgan fingerprint density at radius 2 is 1.79 bits per heavy atom. The van der Waals surface area contributed by atoms with Crippen LogP contribution in [0.2, 0.25) is 0 Å². The van der Waals surface area contributed by atoms with Gasteiger partial charge in [-0.1, -0.05) is 35.5 Å². The Morgan fingerprint density at radius 3 is 2.45 bits per heavy atom. The molecule has 1 aliphatic heterocycles. The number of nitrogens with zero attached hydrogens (tertiary/aromatic N) is 3. The Morgan fingerprint density at radius 1 is 1.09 bits per heavy atom. The molecule has 1 atom stereocenters. The molecule has 0 spiro atoms. The zero-order valence-electron chi connectivity index (χ0n) is 17.8. The van der Waals surface area contributed by atoms with Crippen LogP contribution in [0.1, 0.15) is 37.3 Å². The molecule has 4 rings (SSSR count). The molecule has 1 fully saturated rings. The molecular weight excluding hydrogens is 457 g/mol. The third kappa shape index (κ3) is 5.43. The van der Waals surface area contributed by atoms with Gasteiger partial charge in [0.15, 0.2) is 0 Å². The van der Waals surface area contributed by atoms with E-state index in [1.165, 1.54) is 12.1 Å². The Balaban J connectivity index is 1.38. The Hall–Kier alpha value is -2.76. The van der Waals surface area contributed by atoms with Gasteiger partial charge in [-0.15, -0.1) is 0 Å². The molecule has 176 valence electrons. The van der Waals surface area contributed by atoms with E-state index in [-0.39, 0.29) is 28.4 Å². The summed E-state index contributed by atoms with van der Waals surface area (Å²) in [5.41, 5.74) is -0.555. The average Bonchev–Trinajstić information content (AvgIpc) is 3.29. The molecule has 1 aromatic heterocycles. The largest absolute Gasteiger partial charge is 0.416 e. The van der Waals surface area contributed by atoms with Crippen LogP contribution >= 0.6 is 0 Å². The zero-order chi connectivity index (χ0) is 23.6. The van der Waals surface area contributed by atoms with Gasteiger partial charge in [0.1, 0.15) is 0 Å². The number of halogens is 3. The quantitative estimate of drug-likeness (QED) is 0.567. The molecule has 0 saturated carbocycles. The number of nitrogens with one attached hydrogen (secondary N) is 1. The van der Waals surface area contributed by atoms with Crippen LogP contribution in [0.5, 0.6) is 0 Å². The normalized spacial score (nSPS) is 17.2. The molecule has 2 heterocycles. The topological polar surface area (TPSA) is 88.3 Å². The number of likely N-dealkylation sites (tertiary alicyclic amines) is 1. The molecule has 33 heavy (non-hydrogen) atoms. The van der Waals surface area contributed by atoms with Gasteiger partial charge in [-0.05, 0) is 44.0 Å². The first kappa shape index (κ1) is 23.4. The second-order valence-electron chi connectivity index (χ2n) is 7.96. The summed E-state index contributed by atoms with van der Waals surface area (Å²) in [4.78, 5) is 6.61. The summed E-state index contributed by atoms with van der Waals surface area (Å²) in [6.45, 7) is 3.08. The highest BCUT2D eigenvalue weighted by molar-refractivity contribution is 7.89. The highest BCUT2D eigenvalue weighted by atomic mass is 32.2. The van der Waals surface area contributed by atoms with Crippen molar-refractivity contribution >= 4 is 10.0 Å². The maximum atomic E-state index is 13.0. The third-order valence-corrected chi connectivity index (χ3v) is 7.24. The highest BCUT2D eigenvalue weighted by Crippen LogP contribution is 2.32. The second-order valence-corrected chi connectivity index (χ2v) is 9.67. The Labute approximate surface area is 189 Å². The van der Waals surface area contributed by atoms with Gasteiger partial charge in [0.2, 0.25) is 21.7 Å². The average molecular weight is 481 g/mol. The van der Waals surface area contributed by atoms with E-state index in [1.807, 2.05) is 6.92 Å². The maximum absolute atomic E-state index is 13.0. The van der Waals surface area contributed by atoms with E-state index in [4.69, 9.17) is 4.52 Å². The summed E-state index contributed by atoms with van der Waals surface area (Å²) in [5, 5.41) is 3.85. The molecule has 0 aliphatic carbocycles. The van der Waals surface area contributed by atoms with Crippen molar-refractivity contribution < 1.29 is 26.1 Å². The number of piperidine rings is 1. The van der Waals surface area contributed by atoms with Crippen LogP contribution in [0.4, 0.5) is 13.2 Å². The van der Waals surface area contributed by atoms with Crippen molar-refractivity contribution in [3.8, 4) is 11.4 Å². The van der Waals surface area contributed by atoms with Gasteiger partial charge in [0.25, 0.3) is 0 Å². The van der Waals surface area contributed by atoms with Crippen molar-refractivity contribution in [3.05, 3.63) is 66.1 Å². The number of hydrogen-bond donors (Lipinski definition) is 1. The van der Waals surface area contributed by atoms with Gasteiger partial charge < -0.3 is 4.52 Å². The lowest BCUT2D eigenvalue weighted by atomic mass is 10.0. The number of aromatic nitrogens is 2. The first-order valence-corrected chi connectivity index (χ1v) is 11.9. The molecule has 3 aromatic rings. The SMILES string of the molecule is CC(c1nc(-c2cccc(C(F)(F)F)c2)no1)N1CCC(NS(=O)(=O)c2ccccc2)CC1. The van der Waals surface area contributed by atoms with E-state index in [0.29, 0.717) is 31.8 Å². The lowest BCUT2D eigenvalue weighted by molar-refractivity contribution is -0.137. The van der Waals surface area contributed by atoms with E-state index in [1.54, 1.807) is 30.3 Å². The molecule has 0 bridgehead atoms.